The summed E-state index contributed by atoms with van der Waals surface area (Å²) in [6, 6.07) is 21.1. The van der Waals surface area contributed by atoms with Crippen LogP contribution in [0.3, 0.4) is 0 Å². The van der Waals surface area contributed by atoms with Gasteiger partial charge in [-0.25, -0.2) is 4.79 Å². The molecule has 2 aromatic rings. The zero-order valence-electron chi connectivity index (χ0n) is 26.1. The van der Waals surface area contributed by atoms with E-state index in [1.807, 2.05) is 60.7 Å². The van der Waals surface area contributed by atoms with Gasteiger partial charge in [0.25, 0.3) is 0 Å². The van der Waals surface area contributed by atoms with Crippen LogP contribution in [0.25, 0.3) is 0 Å². The minimum Gasteiger partial charge on any atom is -0.434 e. The molecule has 3 fully saturated rings. The molecule has 1 spiro atoms. The van der Waals surface area contributed by atoms with Crippen molar-refractivity contribution in [3.05, 3.63) is 71.8 Å². The molecular weight excluding hydrogens is 524 g/mol. The van der Waals surface area contributed by atoms with Gasteiger partial charge in [0.1, 0.15) is 0 Å². The minimum atomic E-state index is -1.33. The summed E-state index contributed by atoms with van der Waals surface area (Å²) < 4.78 is 14.3. The number of esters is 1. The fourth-order valence-electron chi connectivity index (χ4n) is 8.71. The lowest BCUT2D eigenvalue weighted by molar-refractivity contribution is -0.956. The Morgan fingerprint density at radius 1 is 0.833 bits per heavy atom. The Morgan fingerprint density at radius 3 is 1.86 bits per heavy atom. The standard InChI is InChI=1S/C36H52N2O4/c1-4-37(5-2,6-3)27-35(40)41-28-42-36(30-15-9-7-10-16-30,31-17-11-8-12-18-31)34(39)22-19-29-25-32-20-21-33(26-29)38(32)23-13-14-24-38/h7-12,15-18,29,32-33H,4-6,13-14,19-28H2,1-3H3/q+2. The second kappa shape index (κ2) is 13.4. The first-order valence-electron chi connectivity index (χ1n) is 16.6. The summed E-state index contributed by atoms with van der Waals surface area (Å²) in [4.78, 5) is 27.5. The first-order valence-corrected chi connectivity index (χ1v) is 16.6. The molecule has 3 aliphatic rings. The molecule has 0 amide bonds. The Morgan fingerprint density at radius 2 is 1.36 bits per heavy atom. The van der Waals surface area contributed by atoms with E-state index in [4.69, 9.17) is 9.47 Å². The molecule has 0 aromatic heterocycles. The molecule has 6 nitrogen and oxygen atoms in total. The van der Waals surface area contributed by atoms with E-state index in [0.29, 0.717) is 23.4 Å². The molecule has 6 heteroatoms. The fraction of sp³-hybridized carbons (Fsp3) is 0.611. The second-order valence-corrected chi connectivity index (χ2v) is 13.1. The number of piperidine rings is 1. The summed E-state index contributed by atoms with van der Waals surface area (Å²) in [6.07, 6.45) is 9.30. The fourth-order valence-corrected chi connectivity index (χ4v) is 8.71. The van der Waals surface area contributed by atoms with Crippen molar-refractivity contribution in [3.63, 3.8) is 0 Å². The van der Waals surface area contributed by atoms with Crippen molar-refractivity contribution in [3.8, 4) is 0 Å². The Bertz CT molecular complexity index is 1110. The second-order valence-electron chi connectivity index (χ2n) is 13.1. The number of hydrogen-bond acceptors (Lipinski definition) is 4. The van der Waals surface area contributed by atoms with Crippen LogP contribution < -0.4 is 0 Å². The van der Waals surface area contributed by atoms with Crippen LogP contribution in [0.1, 0.15) is 83.3 Å². The van der Waals surface area contributed by atoms with Crippen molar-refractivity contribution in [2.45, 2.75) is 89.8 Å². The van der Waals surface area contributed by atoms with Crippen molar-refractivity contribution >= 4 is 11.8 Å². The number of ketones is 1. The maximum atomic E-state index is 14.5. The van der Waals surface area contributed by atoms with Gasteiger partial charge in [-0.15, -0.1) is 0 Å². The van der Waals surface area contributed by atoms with E-state index in [-0.39, 0.29) is 18.5 Å². The molecule has 0 saturated carbocycles. The summed E-state index contributed by atoms with van der Waals surface area (Å²) >= 11 is 0. The quantitative estimate of drug-likeness (QED) is 0.152. The van der Waals surface area contributed by atoms with Crippen LogP contribution in [-0.2, 0) is 24.7 Å². The van der Waals surface area contributed by atoms with E-state index in [1.165, 1.54) is 56.1 Å². The highest BCUT2D eigenvalue weighted by molar-refractivity contribution is 5.92. The molecule has 3 saturated heterocycles. The van der Waals surface area contributed by atoms with Gasteiger partial charge in [0.05, 0.1) is 44.8 Å². The summed E-state index contributed by atoms with van der Waals surface area (Å²) in [7, 11) is 0. The third kappa shape index (κ3) is 5.95. The molecule has 2 atom stereocenters. The van der Waals surface area contributed by atoms with E-state index >= 15 is 0 Å². The van der Waals surface area contributed by atoms with E-state index in [2.05, 4.69) is 20.8 Å². The summed E-state index contributed by atoms with van der Waals surface area (Å²) in [5.41, 5.74) is 0.234. The van der Waals surface area contributed by atoms with Crippen molar-refractivity contribution in [1.82, 2.24) is 0 Å². The van der Waals surface area contributed by atoms with Crippen LogP contribution in [0, 0.1) is 5.92 Å². The van der Waals surface area contributed by atoms with Crippen molar-refractivity contribution in [1.29, 1.82) is 0 Å². The van der Waals surface area contributed by atoms with Crippen molar-refractivity contribution < 1.29 is 28.0 Å². The lowest BCUT2D eigenvalue weighted by atomic mass is 9.78. The monoisotopic (exact) mass is 576 g/mol. The van der Waals surface area contributed by atoms with Crippen molar-refractivity contribution in [2.24, 2.45) is 5.92 Å². The smallest absolute Gasteiger partial charge is 0.363 e. The van der Waals surface area contributed by atoms with Crippen molar-refractivity contribution in [2.75, 3.05) is 46.1 Å². The van der Waals surface area contributed by atoms with E-state index in [0.717, 1.165) is 49.3 Å². The van der Waals surface area contributed by atoms with Crippen LogP contribution in [-0.4, -0.2) is 78.9 Å². The average Bonchev–Trinajstić information content (AvgIpc) is 3.57. The maximum absolute atomic E-state index is 14.5. The highest BCUT2D eigenvalue weighted by Gasteiger charge is 2.55. The van der Waals surface area contributed by atoms with Gasteiger partial charge in [0.2, 0.25) is 0 Å². The maximum Gasteiger partial charge on any atom is 0.363 e. The van der Waals surface area contributed by atoms with Crippen LogP contribution in [0.2, 0.25) is 0 Å². The third-order valence-electron chi connectivity index (χ3n) is 11.4. The molecule has 2 aromatic carbocycles. The summed E-state index contributed by atoms with van der Waals surface area (Å²) in [6.45, 7) is 11.7. The molecule has 2 unspecified atom stereocenters. The Balaban J connectivity index is 1.34. The molecule has 0 aliphatic carbocycles. The van der Waals surface area contributed by atoms with Gasteiger partial charge in [-0.2, -0.15) is 0 Å². The van der Waals surface area contributed by atoms with Crippen LogP contribution >= 0.6 is 0 Å². The lowest BCUT2D eigenvalue weighted by Gasteiger charge is -2.47. The molecular formula is C36H52N2O4+2. The molecule has 0 N–H and O–H groups in total. The minimum absolute atomic E-state index is 0.0414. The zero-order chi connectivity index (χ0) is 29.6. The number of nitrogens with zero attached hydrogens (tertiary/aromatic N) is 2. The van der Waals surface area contributed by atoms with Crippen LogP contribution in [0.4, 0.5) is 0 Å². The van der Waals surface area contributed by atoms with Gasteiger partial charge in [0.15, 0.2) is 24.7 Å². The number of likely N-dealkylation sites (N-methyl/N-ethyl adjacent to an activating group) is 1. The topological polar surface area (TPSA) is 52.6 Å². The Hall–Kier alpha value is -2.54. The van der Waals surface area contributed by atoms with Gasteiger partial charge >= 0.3 is 5.97 Å². The van der Waals surface area contributed by atoms with Gasteiger partial charge in [-0.3, -0.25) is 4.79 Å². The van der Waals surface area contributed by atoms with Gasteiger partial charge in [0, 0.05) is 44.9 Å². The number of Topliss-reactive ketones (excluding diaryl/α,β-unsaturated/α-hetero) is 1. The molecule has 0 radical (unpaired) electrons. The number of hydrogen-bond donors (Lipinski definition) is 0. The number of quaternary nitrogens is 2. The molecule has 3 aliphatic heterocycles. The van der Waals surface area contributed by atoms with Crippen LogP contribution in [0.15, 0.2) is 60.7 Å². The normalized spacial score (nSPS) is 23.3. The Labute approximate surface area is 253 Å². The number of ether oxygens (including phenoxy) is 2. The average molecular weight is 577 g/mol. The number of carbonyl (C=O) groups is 2. The van der Waals surface area contributed by atoms with E-state index < -0.39 is 5.60 Å². The molecule has 228 valence electrons. The first-order chi connectivity index (χ1) is 20.4. The number of carbonyl (C=O) groups excluding carboxylic acids is 2. The summed E-state index contributed by atoms with van der Waals surface area (Å²) in [5, 5.41) is 0. The zero-order valence-corrected chi connectivity index (χ0v) is 26.1. The van der Waals surface area contributed by atoms with E-state index in [9.17, 15) is 9.59 Å². The van der Waals surface area contributed by atoms with Gasteiger partial charge in [-0.05, 0) is 44.2 Å². The largest absolute Gasteiger partial charge is 0.434 e. The predicted octanol–water partition coefficient (Wildman–Crippen LogP) is 6.22. The first kappa shape index (κ1) is 30.9. The molecule has 5 rings (SSSR count). The molecule has 42 heavy (non-hydrogen) atoms. The van der Waals surface area contributed by atoms with Crippen LogP contribution in [0.5, 0.6) is 0 Å². The SMILES string of the molecule is CC[N+](CC)(CC)CC(=O)OCOC(C(=O)CCC1CC2CCC(C1)[N+]21CCCC1)(c1ccccc1)c1ccccc1. The van der Waals surface area contributed by atoms with Gasteiger partial charge < -0.3 is 18.4 Å². The highest BCUT2D eigenvalue weighted by Crippen LogP contribution is 2.48. The number of rotatable bonds is 14. The molecule has 2 bridgehead atoms. The lowest BCUT2D eigenvalue weighted by Crippen LogP contribution is -2.58. The molecule has 3 heterocycles. The highest BCUT2D eigenvalue weighted by atomic mass is 16.7. The van der Waals surface area contributed by atoms with Gasteiger partial charge in [-0.1, -0.05) is 60.7 Å². The number of benzene rings is 2. The Kier molecular flexibility index (Phi) is 9.86. The predicted molar refractivity (Wildman–Crippen MR) is 165 cm³/mol. The summed E-state index contributed by atoms with van der Waals surface area (Å²) in [5.74, 6) is 0.334. The third-order valence-corrected chi connectivity index (χ3v) is 11.4. The van der Waals surface area contributed by atoms with E-state index in [1.54, 1.807) is 0 Å².